The van der Waals surface area contributed by atoms with E-state index in [1.807, 2.05) is 23.5 Å². The van der Waals surface area contributed by atoms with Crippen molar-refractivity contribution in [2.24, 2.45) is 0 Å². The number of ether oxygens (including phenoxy) is 3. The lowest BCUT2D eigenvalue weighted by Gasteiger charge is -2.25. The van der Waals surface area contributed by atoms with E-state index in [0.29, 0.717) is 13.2 Å². The average molecular weight is 769 g/mol. The number of methoxy groups -OCH3 is 2. The third-order valence-electron chi connectivity index (χ3n) is 9.98. The van der Waals surface area contributed by atoms with Gasteiger partial charge in [-0.05, 0) is 73.0 Å². The summed E-state index contributed by atoms with van der Waals surface area (Å²) in [5, 5.41) is 5.85. The molecule has 0 spiro atoms. The summed E-state index contributed by atoms with van der Waals surface area (Å²) in [5.74, 6) is 1.51. The fraction of sp³-hybridized carbons (Fsp3) is 0.364. The van der Waals surface area contributed by atoms with E-state index >= 15 is 0 Å². The van der Waals surface area contributed by atoms with Crippen molar-refractivity contribution in [3.63, 3.8) is 0 Å². The lowest BCUT2D eigenvalue weighted by atomic mass is 9.84. The van der Waals surface area contributed by atoms with Gasteiger partial charge in [-0.2, -0.15) is 0 Å². The van der Waals surface area contributed by atoms with Crippen LogP contribution in [-0.4, -0.2) is 33.5 Å². The molecule has 3 heterocycles. The standard InChI is InChI=1S/C44H50O6P2S/c1-27-39(42(28(2)53-27)51(31-17-13-11-14-18-31)32-19-15-12-16-20-32)35-25-47-26-38(35)48-52-49-40-33(21-29(45-9)23-36(40)43(3,4)5)34-22-30(46-10)24-37(41(34)50-52)44(6,7)8/h11-24,35,38H,25-26H2,1-10H3. The second-order valence-electron chi connectivity index (χ2n) is 15.8. The lowest BCUT2D eigenvalue weighted by Crippen LogP contribution is -2.30. The van der Waals surface area contributed by atoms with Crippen molar-refractivity contribution in [2.75, 3.05) is 27.4 Å². The second-order valence-corrected chi connectivity index (χ2v) is 20.4. The minimum atomic E-state index is -1.92. The van der Waals surface area contributed by atoms with Crippen LogP contribution in [0.1, 0.15) is 73.9 Å². The van der Waals surface area contributed by atoms with E-state index < -0.39 is 16.2 Å². The van der Waals surface area contributed by atoms with Gasteiger partial charge in [-0.3, -0.25) is 4.52 Å². The van der Waals surface area contributed by atoms with Crippen LogP contribution in [0, 0.1) is 13.8 Å². The Hall–Kier alpha value is -3.57. The summed E-state index contributed by atoms with van der Waals surface area (Å²) in [4.78, 5) is 2.64. The number of hydrogen-bond donors (Lipinski definition) is 0. The fourth-order valence-corrected chi connectivity index (χ4v) is 12.7. The van der Waals surface area contributed by atoms with Crippen molar-refractivity contribution in [3.8, 4) is 11.5 Å². The molecule has 0 N–H and O–H groups in total. The van der Waals surface area contributed by atoms with E-state index in [0.717, 1.165) is 44.6 Å². The van der Waals surface area contributed by atoms with Gasteiger partial charge in [0.05, 0.1) is 27.4 Å². The quantitative estimate of drug-likeness (QED) is 0.144. The highest BCUT2D eigenvalue weighted by atomic mass is 32.1. The van der Waals surface area contributed by atoms with E-state index in [4.69, 9.17) is 27.1 Å². The molecule has 6 nitrogen and oxygen atoms in total. The molecule has 2 unspecified atom stereocenters. The van der Waals surface area contributed by atoms with E-state index in [1.165, 1.54) is 31.2 Å². The van der Waals surface area contributed by atoms with Crippen LogP contribution >= 0.6 is 27.5 Å². The molecular weight excluding hydrogens is 718 g/mol. The third-order valence-corrected chi connectivity index (χ3v) is 14.9. The Morgan fingerprint density at radius 2 is 1.17 bits per heavy atom. The molecule has 0 amide bonds. The smallest absolute Gasteiger partial charge is 0.387 e. The summed E-state index contributed by atoms with van der Waals surface area (Å²) in [6.45, 7) is 18.7. The molecule has 1 saturated heterocycles. The van der Waals surface area contributed by atoms with Crippen LogP contribution in [0.2, 0.25) is 0 Å². The molecule has 2 aromatic heterocycles. The number of benzene rings is 4. The molecular formula is C44H50O6P2S. The molecule has 0 saturated carbocycles. The highest BCUT2D eigenvalue weighted by molar-refractivity contribution is 7.80. The highest BCUT2D eigenvalue weighted by Gasteiger charge is 2.39. The van der Waals surface area contributed by atoms with Crippen LogP contribution in [0.4, 0.5) is 0 Å². The topological polar surface area (TPSA) is 63.2 Å². The number of thiophene rings is 1. The Kier molecular flexibility index (Phi) is 10.6. The van der Waals surface area contributed by atoms with Crippen LogP contribution < -0.4 is 29.9 Å². The van der Waals surface area contributed by atoms with Gasteiger partial charge in [0.1, 0.15) is 28.8 Å². The predicted octanol–water partition coefficient (Wildman–Crippen LogP) is 10.9. The van der Waals surface area contributed by atoms with Gasteiger partial charge in [-0.1, -0.05) is 102 Å². The molecule has 0 aliphatic carbocycles. The van der Waals surface area contributed by atoms with Crippen LogP contribution in [0.25, 0.3) is 21.9 Å². The van der Waals surface area contributed by atoms with Gasteiger partial charge >= 0.3 is 8.24 Å². The third kappa shape index (κ3) is 7.44. The first kappa shape index (κ1) is 37.7. The SMILES string of the molecule is COc1cc(C(C)(C)C)c2op(OC3COCC3c3c(C)sc(C)c3P(c3ccccc3)c3ccccc3)oc3c(C(C)(C)C)cc(OC)cc3c2c1. The minimum absolute atomic E-state index is 0.000163. The molecule has 0 radical (unpaired) electrons. The first-order chi connectivity index (χ1) is 25.3. The van der Waals surface area contributed by atoms with Gasteiger partial charge in [0, 0.05) is 42.9 Å². The zero-order valence-corrected chi connectivity index (χ0v) is 35.0. The zero-order valence-electron chi connectivity index (χ0n) is 32.4. The summed E-state index contributed by atoms with van der Waals surface area (Å²) < 4.78 is 39.2. The van der Waals surface area contributed by atoms with Crippen molar-refractivity contribution >= 4 is 65.4 Å². The van der Waals surface area contributed by atoms with Gasteiger partial charge in [0.2, 0.25) is 0 Å². The average Bonchev–Trinajstić information content (AvgIpc) is 3.65. The first-order valence-corrected chi connectivity index (χ1v) is 21.4. The molecule has 4 aromatic carbocycles. The first-order valence-electron chi connectivity index (χ1n) is 18.1. The number of rotatable bonds is 8. The van der Waals surface area contributed by atoms with Crippen LogP contribution in [0.15, 0.2) is 93.3 Å². The molecule has 1 fully saturated rings. The largest absolute Gasteiger partial charge is 0.497 e. The Bertz CT molecular complexity index is 2160. The molecule has 2 atom stereocenters. The van der Waals surface area contributed by atoms with E-state index in [1.54, 1.807) is 14.2 Å². The maximum atomic E-state index is 7.12. The van der Waals surface area contributed by atoms with Crippen LogP contribution in [0.3, 0.4) is 0 Å². The molecule has 1 aliphatic rings. The maximum absolute atomic E-state index is 7.12. The Labute approximate surface area is 319 Å². The van der Waals surface area contributed by atoms with Crippen molar-refractivity contribution in [2.45, 2.75) is 78.2 Å². The highest BCUT2D eigenvalue weighted by Crippen LogP contribution is 2.48. The van der Waals surface area contributed by atoms with Crippen molar-refractivity contribution < 1.29 is 27.1 Å². The van der Waals surface area contributed by atoms with E-state index in [-0.39, 0.29) is 22.9 Å². The monoisotopic (exact) mass is 768 g/mol. The van der Waals surface area contributed by atoms with Crippen LogP contribution in [-0.2, 0) is 15.6 Å². The molecule has 9 heteroatoms. The van der Waals surface area contributed by atoms with Crippen molar-refractivity contribution in [1.29, 1.82) is 0 Å². The zero-order chi connectivity index (χ0) is 37.7. The summed E-state index contributed by atoms with van der Waals surface area (Å²) >= 11 is 1.87. The van der Waals surface area contributed by atoms with Gasteiger partial charge in [0.25, 0.3) is 0 Å². The van der Waals surface area contributed by atoms with Crippen LogP contribution in [0.5, 0.6) is 11.5 Å². The van der Waals surface area contributed by atoms with Gasteiger partial charge < -0.3 is 22.6 Å². The molecule has 1 aliphatic heterocycles. The normalized spacial score (nSPS) is 16.5. The Morgan fingerprint density at radius 3 is 1.62 bits per heavy atom. The number of aryl methyl sites for hydroxylation is 2. The summed E-state index contributed by atoms with van der Waals surface area (Å²) in [5.41, 5.74) is 4.32. The summed E-state index contributed by atoms with van der Waals surface area (Å²) in [6.07, 6.45) is -0.284. The Balaban J connectivity index is 1.44. The van der Waals surface area contributed by atoms with E-state index in [2.05, 4.69) is 128 Å². The summed E-state index contributed by atoms with van der Waals surface area (Å²) in [6, 6.07) is 30.1. The molecule has 53 heavy (non-hydrogen) atoms. The van der Waals surface area contributed by atoms with Gasteiger partial charge in [-0.25, -0.2) is 0 Å². The predicted molar refractivity (Wildman–Crippen MR) is 223 cm³/mol. The second kappa shape index (κ2) is 14.9. The molecule has 278 valence electrons. The van der Waals surface area contributed by atoms with E-state index in [9.17, 15) is 0 Å². The minimum Gasteiger partial charge on any atom is -0.497 e. The number of fused-ring (bicyclic) bond motifs is 3. The lowest BCUT2D eigenvalue weighted by molar-refractivity contribution is 0.160. The van der Waals surface area contributed by atoms with Crippen molar-refractivity contribution in [1.82, 2.24) is 0 Å². The fourth-order valence-electron chi connectivity index (χ4n) is 7.35. The van der Waals surface area contributed by atoms with Gasteiger partial charge in [-0.15, -0.1) is 11.3 Å². The molecule has 7 rings (SSSR count). The molecule has 6 aromatic rings. The Morgan fingerprint density at radius 1 is 0.679 bits per heavy atom. The van der Waals surface area contributed by atoms with Crippen molar-refractivity contribution in [3.05, 3.63) is 111 Å². The van der Waals surface area contributed by atoms with Gasteiger partial charge in [0.15, 0.2) is 0 Å². The maximum Gasteiger partial charge on any atom is 0.387 e. The molecule has 0 bridgehead atoms. The summed E-state index contributed by atoms with van der Waals surface area (Å²) in [7, 11) is 0.664. The number of hydrogen-bond acceptors (Lipinski definition) is 7.